The molecule has 6 nitrogen and oxygen atoms in total. The summed E-state index contributed by atoms with van der Waals surface area (Å²) in [5.74, 6) is 0.880. The molecule has 0 radical (unpaired) electrons. The molecule has 0 aromatic carbocycles. The highest BCUT2D eigenvalue weighted by molar-refractivity contribution is 8.13. The van der Waals surface area contributed by atoms with Gasteiger partial charge in [-0.15, -0.1) is 4.99 Å². The maximum atomic E-state index is 11.1. The number of amides is 1. The van der Waals surface area contributed by atoms with Crippen molar-refractivity contribution in [1.82, 2.24) is 4.90 Å². The number of methoxy groups -OCH3 is 2. The first-order valence-corrected chi connectivity index (χ1v) is 6.78. The number of aliphatic imine (C=N–C) groups is 2. The lowest BCUT2D eigenvalue weighted by molar-refractivity contribution is 0.181. The maximum Gasteiger partial charge on any atom is 0.437 e. The van der Waals surface area contributed by atoms with E-state index in [1.54, 1.807) is 11.8 Å². The lowest BCUT2D eigenvalue weighted by Gasteiger charge is -2.21. The van der Waals surface area contributed by atoms with Crippen molar-refractivity contribution in [3.05, 3.63) is 0 Å². The monoisotopic (exact) mass is 275 g/mol. The van der Waals surface area contributed by atoms with Crippen LogP contribution in [0.15, 0.2) is 9.98 Å². The predicted octanol–water partition coefficient (Wildman–Crippen LogP) is 2.21. The zero-order valence-corrected chi connectivity index (χ0v) is 12.4. The Morgan fingerprint density at radius 1 is 1.11 bits per heavy atom. The van der Waals surface area contributed by atoms with E-state index in [-0.39, 0.29) is 6.02 Å². The van der Waals surface area contributed by atoms with E-state index in [0.717, 1.165) is 24.0 Å². The zero-order valence-electron chi connectivity index (χ0n) is 11.6. The number of carbonyl (C=O) groups is 1. The number of hydrogen-bond donors (Lipinski definition) is 0. The van der Waals surface area contributed by atoms with Gasteiger partial charge >= 0.3 is 12.1 Å². The Bertz CT molecular complexity index is 315. The number of nitrogens with zero attached hydrogens (tertiary/aromatic N) is 3. The molecule has 0 spiro atoms. The van der Waals surface area contributed by atoms with Crippen LogP contribution in [-0.4, -0.2) is 55.2 Å². The first-order chi connectivity index (χ1) is 8.62. The van der Waals surface area contributed by atoms with Gasteiger partial charge in [-0.1, -0.05) is 18.7 Å². The van der Waals surface area contributed by atoms with Gasteiger partial charge in [0.25, 0.3) is 0 Å². The second-order valence-electron chi connectivity index (χ2n) is 3.07. The molecule has 0 unspecified atom stereocenters. The van der Waals surface area contributed by atoms with E-state index >= 15 is 0 Å². The fraction of sp³-hybridized carbons (Fsp3) is 0.727. The van der Waals surface area contributed by atoms with Gasteiger partial charge in [0.1, 0.15) is 0 Å². The second-order valence-corrected chi connectivity index (χ2v) is 4.30. The molecular formula is C11H21N3O3S. The van der Waals surface area contributed by atoms with Crippen LogP contribution in [-0.2, 0) is 9.47 Å². The van der Waals surface area contributed by atoms with Crippen LogP contribution in [0.4, 0.5) is 4.79 Å². The summed E-state index contributed by atoms with van der Waals surface area (Å²) in [6.07, 6.45) is -0.726. The molecule has 0 aliphatic rings. The number of ether oxygens (including phenoxy) is 2. The van der Waals surface area contributed by atoms with E-state index in [4.69, 9.17) is 4.74 Å². The van der Waals surface area contributed by atoms with Crippen LogP contribution in [0.5, 0.6) is 0 Å². The van der Waals surface area contributed by atoms with Crippen LogP contribution in [0.25, 0.3) is 0 Å². The van der Waals surface area contributed by atoms with Crippen molar-refractivity contribution in [3.63, 3.8) is 0 Å². The molecule has 1 amide bonds. The fourth-order valence-electron chi connectivity index (χ4n) is 1.14. The molecule has 0 aliphatic heterocycles. The highest BCUT2D eigenvalue weighted by Crippen LogP contribution is 2.09. The fourth-order valence-corrected chi connectivity index (χ4v) is 1.98. The van der Waals surface area contributed by atoms with Crippen molar-refractivity contribution in [1.29, 1.82) is 0 Å². The third kappa shape index (κ3) is 5.90. The van der Waals surface area contributed by atoms with Crippen LogP contribution in [0.1, 0.15) is 20.8 Å². The number of hydrogen-bond acceptors (Lipinski definition) is 4. The van der Waals surface area contributed by atoms with Crippen LogP contribution in [0.2, 0.25) is 0 Å². The first kappa shape index (κ1) is 16.8. The molecule has 0 N–H and O–H groups in total. The minimum Gasteiger partial charge on any atom is -0.467 e. The summed E-state index contributed by atoms with van der Waals surface area (Å²) in [4.78, 5) is 21.0. The van der Waals surface area contributed by atoms with Gasteiger partial charge in [-0.25, -0.2) is 4.79 Å². The van der Waals surface area contributed by atoms with Crippen molar-refractivity contribution in [2.45, 2.75) is 20.8 Å². The average molecular weight is 275 g/mol. The Balaban J connectivity index is 5.10. The molecular weight excluding hydrogens is 254 g/mol. The highest BCUT2D eigenvalue weighted by Gasteiger charge is 2.10. The summed E-state index contributed by atoms with van der Waals surface area (Å²) in [6, 6.07) is 0.00435. The van der Waals surface area contributed by atoms with E-state index in [9.17, 15) is 4.79 Å². The quantitative estimate of drug-likeness (QED) is 0.583. The number of amidine groups is 2. The summed E-state index contributed by atoms with van der Waals surface area (Å²) in [7, 11) is 2.68. The predicted molar refractivity (Wildman–Crippen MR) is 75.3 cm³/mol. The number of thioether (sulfide) groups is 1. The summed E-state index contributed by atoms with van der Waals surface area (Å²) in [6.45, 7) is 7.78. The molecule has 0 atom stereocenters. The second kappa shape index (κ2) is 9.76. The Kier molecular flexibility index (Phi) is 9.08. The van der Waals surface area contributed by atoms with E-state index in [2.05, 4.69) is 19.6 Å². The van der Waals surface area contributed by atoms with Crippen LogP contribution in [0.3, 0.4) is 0 Å². The van der Waals surface area contributed by atoms with Gasteiger partial charge in [0.15, 0.2) is 5.17 Å². The van der Waals surface area contributed by atoms with E-state index in [1.807, 2.05) is 20.8 Å². The van der Waals surface area contributed by atoms with Crippen LogP contribution < -0.4 is 0 Å². The van der Waals surface area contributed by atoms with Crippen molar-refractivity contribution in [2.75, 3.05) is 33.1 Å². The Morgan fingerprint density at radius 3 is 2.11 bits per heavy atom. The van der Waals surface area contributed by atoms with Gasteiger partial charge in [0.2, 0.25) is 0 Å². The molecule has 0 bridgehead atoms. The Labute approximate surface area is 112 Å². The number of carbonyl (C=O) groups excluding carboxylic acids is 1. The normalized spacial score (nSPS) is 12.3. The maximum absolute atomic E-state index is 11.1. The molecule has 0 heterocycles. The first-order valence-electron chi connectivity index (χ1n) is 5.79. The third-order valence-electron chi connectivity index (χ3n) is 2.04. The van der Waals surface area contributed by atoms with Gasteiger partial charge in [0.05, 0.1) is 14.2 Å². The molecule has 0 saturated heterocycles. The van der Waals surface area contributed by atoms with E-state index < -0.39 is 6.09 Å². The summed E-state index contributed by atoms with van der Waals surface area (Å²) in [5.41, 5.74) is 0. The standard InChI is InChI=1S/C11H21N3O3S/c1-6-14(7-2)10(18-8-3)12-9(16-4)13-11(15)17-5/h6-8H2,1-5H3/b12-10-,13-9-. The van der Waals surface area contributed by atoms with Crippen molar-refractivity contribution >= 4 is 29.0 Å². The molecule has 0 aliphatic carbocycles. The third-order valence-corrected chi connectivity index (χ3v) is 2.94. The minimum absolute atomic E-state index is 0.00435. The van der Waals surface area contributed by atoms with Crippen LogP contribution >= 0.6 is 11.8 Å². The molecule has 0 fully saturated rings. The highest BCUT2D eigenvalue weighted by atomic mass is 32.2. The van der Waals surface area contributed by atoms with Crippen molar-refractivity contribution < 1.29 is 14.3 Å². The Morgan fingerprint density at radius 2 is 1.72 bits per heavy atom. The Hall–Kier alpha value is -1.24. The number of rotatable bonds is 3. The molecule has 18 heavy (non-hydrogen) atoms. The lowest BCUT2D eigenvalue weighted by Crippen LogP contribution is -2.29. The van der Waals surface area contributed by atoms with Gasteiger partial charge in [-0.05, 0) is 19.6 Å². The van der Waals surface area contributed by atoms with E-state index in [1.165, 1.54) is 14.2 Å². The molecule has 104 valence electrons. The minimum atomic E-state index is -0.726. The van der Waals surface area contributed by atoms with Crippen LogP contribution in [0, 0.1) is 0 Å². The SMILES string of the molecule is CCS/C(=N\C(=N\C(=O)OC)OC)N(CC)CC. The molecule has 7 heteroatoms. The van der Waals surface area contributed by atoms with Gasteiger partial charge in [0, 0.05) is 13.1 Å². The van der Waals surface area contributed by atoms with Crippen molar-refractivity contribution in [3.8, 4) is 0 Å². The lowest BCUT2D eigenvalue weighted by atomic mass is 10.6. The molecule has 0 rings (SSSR count). The summed E-state index contributed by atoms with van der Waals surface area (Å²) >= 11 is 1.58. The molecule has 0 aromatic heterocycles. The topological polar surface area (TPSA) is 63.5 Å². The van der Waals surface area contributed by atoms with Gasteiger partial charge in [-0.2, -0.15) is 4.99 Å². The zero-order chi connectivity index (χ0) is 14.0. The average Bonchev–Trinajstić information content (AvgIpc) is 2.39. The van der Waals surface area contributed by atoms with Gasteiger partial charge in [-0.3, -0.25) is 0 Å². The molecule has 0 saturated carbocycles. The molecule has 0 aromatic rings. The largest absolute Gasteiger partial charge is 0.467 e. The van der Waals surface area contributed by atoms with E-state index in [0.29, 0.717) is 0 Å². The van der Waals surface area contributed by atoms with Gasteiger partial charge < -0.3 is 14.4 Å². The summed E-state index contributed by atoms with van der Waals surface area (Å²) in [5, 5.41) is 0.784. The smallest absolute Gasteiger partial charge is 0.437 e. The summed E-state index contributed by atoms with van der Waals surface area (Å²) < 4.78 is 9.40. The van der Waals surface area contributed by atoms with Crippen molar-refractivity contribution in [2.24, 2.45) is 9.98 Å².